The fourth-order valence-corrected chi connectivity index (χ4v) is 0.368. The van der Waals surface area contributed by atoms with E-state index in [-0.39, 0.29) is 11.6 Å². The number of rotatable bonds is 3. The highest BCUT2D eigenvalue weighted by molar-refractivity contribution is 4.63. The van der Waals surface area contributed by atoms with Crippen molar-refractivity contribution in [1.82, 2.24) is 5.48 Å². The molecular formula is C8H19NO2. The largest absolute Gasteiger partial charge is 0.392 e. The van der Waals surface area contributed by atoms with Crippen molar-refractivity contribution in [2.24, 2.45) is 0 Å². The van der Waals surface area contributed by atoms with Gasteiger partial charge < -0.3 is 5.11 Å². The van der Waals surface area contributed by atoms with Gasteiger partial charge in [-0.1, -0.05) is 0 Å². The lowest BCUT2D eigenvalue weighted by atomic mass is 10.2. The fourth-order valence-electron chi connectivity index (χ4n) is 0.368. The average molecular weight is 161 g/mol. The minimum atomic E-state index is -0.391. The summed E-state index contributed by atoms with van der Waals surface area (Å²) in [7, 11) is 0. The van der Waals surface area contributed by atoms with Crippen molar-refractivity contribution in [3.8, 4) is 0 Å². The van der Waals surface area contributed by atoms with Crippen LogP contribution in [0.4, 0.5) is 0 Å². The maximum absolute atomic E-state index is 9.08. The Morgan fingerprint density at radius 2 is 1.73 bits per heavy atom. The van der Waals surface area contributed by atoms with Gasteiger partial charge in [0.25, 0.3) is 0 Å². The molecule has 0 rings (SSSR count). The first-order valence-corrected chi connectivity index (χ1v) is 3.94. The molecular weight excluding hydrogens is 142 g/mol. The molecule has 0 saturated carbocycles. The molecule has 68 valence electrons. The van der Waals surface area contributed by atoms with E-state index < -0.39 is 6.10 Å². The van der Waals surface area contributed by atoms with Gasteiger partial charge in [0.05, 0.1) is 17.7 Å². The summed E-state index contributed by atoms with van der Waals surface area (Å²) >= 11 is 0. The molecule has 0 aliphatic heterocycles. The average Bonchev–Trinajstić information content (AvgIpc) is 1.80. The van der Waals surface area contributed by atoms with Crippen LogP contribution in [0.1, 0.15) is 34.6 Å². The van der Waals surface area contributed by atoms with E-state index in [0.29, 0.717) is 0 Å². The summed E-state index contributed by atoms with van der Waals surface area (Å²) in [6, 6.07) is -0.0331. The van der Waals surface area contributed by atoms with Crippen LogP contribution in [0.2, 0.25) is 0 Å². The van der Waals surface area contributed by atoms with Gasteiger partial charge in [-0.15, -0.1) is 0 Å². The Balaban J connectivity index is 3.54. The van der Waals surface area contributed by atoms with Gasteiger partial charge in [0.15, 0.2) is 0 Å². The van der Waals surface area contributed by atoms with E-state index in [0.717, 1.165) is 0 Å². The zero-order chi connectivity index (χ0) is 9.07. The maximum atomic E-state index is 9.08. The Kier molecular flexibility index (Phi) is 4.00. The molecule has 0 aromatic rings. The Morgan fingerprint density at radius 1 is 1.27 bits per heavy atom. The van der Waals surface area contributed by atoms with Crippen molar-refractivity contribution in [3.05, 3.63) is 0 Å². The molecule has 0 bridgehead atoms. The van der Waals surface area contributed by atoms with Gasteiger partial charge in [-0.05, 0) is 34.6 Å². The first-order valence-electron chi connectivity index (χ1n) is 3.94. The van der Waals surface area contributed by atoms with Gasteiger partial charge in [0, 0.05) is 0 Å². The summed E-state index contributed by atoms with van der Waals surface area (Å²) in [5, 5.41) is 9.08. The van der Waals surface area contributed by atoms with E-state index in [1.165, 1.54) is 0 Å². The number of aliphatic hydroxyl groups excluding tert-OH is 1. The van der Waals surface area contributed by atoms with Crippen LogP contribution in [0.3, 0.4) is 0 Å². The number of aliphatic hydroxyl groups is 1. The summed E-state index contributed by atoms with van der Waals surface area (Å²) in [5.41, 5.74) is 2.57. The lowest BCUT2D eigenvalue weighted by Gasteiger charge is -2.24. The molecule has 0 fully saturated rings. The Labute approximate surface area is 68.7 Å². The van der Waals surface area contributed by atoms with Crippen molar-refractivity contribution in [2.45, 2.75) is 52.4 Å². The third-order valence-corrected chi connectivity index (χ3v) is 1.27. The SMILES string of the molecule is CC(O)C(C)NOC(C)(C)C. The van der Waals surface area contributed by atoms with E-state index in [9.17, 15) is 0 Å². The first-order chi connectivity index (χ1) is 4.83. The van der Waals surface area contributed by atoms with Gasteiger partial charge in [-0.25, -0.2) is 0 Å². The third-order valence-electron chi connectivity index (χ3n) is 1.27. The second kappa shape index (κ2) is 4.04. The molecule has 0 radical (unpaired) electrons. The maximum Gasteiger partial charge on any atom is 0.0813 e. The molecule has 0 amide bonds. The van der Waals surface area contributed by atoms with E-state index in [4.69, 9.17) is 9.94 Å². The van der Waals surface area contributed by atoms with Gasteiger partial charge in [-0.2, -0.15) is 5.48 Å². The van der Waals surface area contributed by atoms with Crippen LogP contribution in [0, 0.1) is 0 Å². The number of nitrogens with one attached hydrogen (secondary N) is 1. The molecule has 11 heavy (non-hydrogen) atoms. The molecule has 3 heteroatoms. The standard InChI is InChI=1S/C8H19NO2/c1-6(7(2)10)9-11-8(3,4)5/h6-7,9-10H,1-5H3. The second-order valence-electron chi connectivity index (χ2n) is 3.86. The van der Waals surface area contributed by atoms with Crippen LogP contribution in [-0.4, -0.2) is 22.9 Å². The highest BCUT2D eigenvalue weighted by atomic mass is 16.7. The van der Waals surface area contributed by atoms with Crippen LogP contribution >= 0.6 is 0 Å². The molecule has 0 aliphatic carbocycles. The molecule has 0 aliphatic rings. The van der Waals surface area contributed by atoms with Crippen molar-refractivity contribution in [3.63, 3.8) is 0 Å². The molecule has 0 heterocycles. The van der Waals surface area contributed by atoms with Gasteiger partial charge in [-0.3, -0.25) is 4.84 Å². The summed E-state index contributed by atoms with van der Waals surface area (Å²) in [5.74, 6) is 0. The van der Waals surface area contributed by atoms with Crippen molar-refractivity contribution >= 4 is 0 Å². The van der Waals surface area contributed by atoms with Crippen molar-refractivity contribution in [1.29, 1.82) is 0 Å². The fraction of sp³-hybridized carbons (Fsp3) is 1.00. The summed E-state index contributed by atoms with van der Waals surface area (Å²) in [6.45, 7) is 9.46. The van der Waals surface area contributed by atoms with Gasteiger partial charge in [0.2, 0.25) is 0 Å². The first kappa shape index (κ1) is 10.9. The number of hydroxylamine groups is 1. The van der Waals surface area contributed by atoms with Crippen LogP contribution in [0.5, 0.6) is 0 Å². The normalized spacial score (nSPS) is 18.0. The van der Waals surface area contributed by atoms with E-state index in [1.807, 2.05) is 27.7 Å². The molecule has 2 unspecified atom stereocenters. The summed E-state index contributed by atoms with van der Waals surface area (Å²) in [6.07, 6.45) is -0.391. The zero-order valence-corrected chi connectivity index (χ0v) is 8.01. The lowest BCUT2D eigenvalue weighted by molar-refractivity contribution is -0.100. The van der Waals surface area contributed by atoms with E-state index in [2.05, 4.69) is 5.48 Å². The Bertz CT molecular complexity index is 107. The molecule has 0 spiro atoms. The predicted molar refractivity (Wildman–Crippen MR) is 45.1 cm³/mol. The summed E-state index contributed by atoms with van der Waals surface area (Å²) in [4.78, 5) is 5.24. The highest BCUT2D eigenvalue weighted by Crippen LogP contribution is 2.04. The Morgan fingerprint density at radius 3 is 2.00 bits per heavy atom. The van der Waals surface area contributed by atoms with Gasteiger partial charge in [0.1, 0.15) is 0 Å². The van der Waals surface area contributed by atoms with E-state index in [1.54, 1.807) is 6.92 Å². The van der Waals surface area contributed by atoms with Crippen LogP contribution in [-0.2, 0) is 4.84 Å². The van der Waals surface area contributed by atoms with Gasteiger partial charge >= 0.3 is 0 Å². The molecule has 0 aromatic heterocycles. The quantitative estimate of drug-likeness (QED) is 0.608. The molecule has 3 nitrogen and oxygen atoms in total. The third kappa shape index (κ3) is 6.28. The number of hydrogen-bond acceptors (Lipinski definition) is 3. The zero-order valence-electron chi connectivity index (χ0n) is 8.01. The van der Waals surface area contributed by atoms with E-state index >= 15 is 0 Å². The smallest absolute Gasteiger partial charge is 0.0813 e. The van der Waals surface area contributed by atoms with Crippen molar-refractivity contribution < 1.29 is 9.94 Å². The topological polar surface area (TPSA) is 41.5 Å². The molecule has 2 atom stereocenters. The minimum Gasteiger partial charge on any atom is -0.392 e. The number of hydrogen-bond donors (Lipinski definition) is 2. The van der Waals surface area contributed by atoms with Crippen LogP contribution in [0.25, 0.3) is 0 Å². The lowest BCUT2D eigenvalue weighted by Crippen LogP contribution is -2.40. The van der Waals surface area contributed by atoms with Crippen LogP contribution < -0.4 is 5.48 Å². The van der Waals surface area contributed by atoms with Crippen molar-refractivity contribution in [2.75, 3.05) is 0 Å². The summed E-state index contributed by atoms with van der Waals surface area (Å²) < 4.78 is 0. The Hall–Kier alpha value is -0.120. The molecule has 0 saturated heterocycles. The monoisotopic (exact) mass is 161 g/mol. The second-order valence-corrected chi connectivity index (χ2v) is 3.86. The highest BCUT2D eigenvalue weighted by Gasteiger charge is 2.14. The van der Waals surface area contributed by atoms with Crippen LogP contribution in [0.15, 0.2) is 0 Å². The molecule has 0 aromatic carbocycles. The molecule has 2 N–H and O–H groups in total. The predicted octanol–water partition coefficient (Wildman–Crippen LogP) is 1.08. The minimum absolute atomic E-state index is 0.0331.